The van der Waals surface area contributed by atoms with Crippen molar-refractivity contribution in [3.8, 4) is 5.75 Å². The van der Waals surface area contributed by atoms with Crippen LogP contribution in [0.2, 0.25) is 0 Å². The molecule has 11 heteroatoms. The zero-order valence-electron chi connectivity index (χ0n) is 30.5. The van der Waals surface area contributed by atoms with Gasteiger partial charge in [-0.05, 0) is 75.6 Å². The normalized spacial score (nSPS) is 21.5. The molecule has 0 unspecified atom stereocenters. The van der Waals surface area contributed by atoms with Gasteiger partial charge in [-0.1, -0.05) is 62.6 Å². The van der Waals surface area contributed by atoms with Crippen LogP contribution in [0.3, 0.4) is 0 Å². The van der Waals surface area contributed by atoms with E-state index >= 15 is 0 Å². The van der Waals surface area contributed by atoms with Crippen LogP contribution in [-0.4, -0.2) is 90.5 Å². The maximum Gasteiger partial charge on any atom is 0.323 e. The van der Waals surface area contributed by atoms with Gasteiger partial charge in [0.25, 0.3) is 5.91 Å². The van der Waals surface area contributed by atoms with E-state index in [1.807, 2.05) is 56.3 Å². The number of carbonyl (C=O) groups is 3. The van der Waals surface area contributed by atoms with Crippen LogP contribution in [0.15, 0.2) is 60.7 Å². The SMILES string of the molecule is C[C@H](CO)N1C[C@H](C)[C@@H](CN(C)C(=O)NC2CCCCC2)OCCCC[C@H](C)Oc2ccc(NC(=O)Nc3cccc4ccccc34)cc2C1=O. The largest absolute Gasteiger partial charge is 0.490 e. The third-order valence-corrected chi connectivity index (χ3v) is 10.1. The van der Waals surface area contributed by atoms with E-state index in [4.69, 9.17) is 9.47 Å². The summed E-state index contributed by atoms with van der Waals surface area (Å²) in [6.07, 6.45) is 7.41. The molecule has 1 saturated carbocycles. The number of hydrogen-bond donors (Lipinski definition) is 4. The molecule has 276 valence electrons. The van der Waals surface area contributed by atoms with Gasteiger partial charge in [0, 0.05) is 49.8 Å². The summed E-state index contributed by atoms with van der Waals surface area (Å²) in [6, 6.07) is 17.7. The Balaban J connectivity index is 1.36. The maximum absolute atomic E-state index is 14.5. The Bertz CT molecular complexity index is 1620. The molecule has 5 amide bonds. The van der Waals surface area contributed by atoms with E-state index in [1.165, 1.54) is 6.42 Å². The molecule has 0 bridgehead atoms. The van der Waals surface area contributed by atoms with E-state index in [1.54, 1.807) is 42.0 Å². The molecule has 0 radical (unpaired) electrons. The molecule has 51 heavy (non-hydrogen) atoms. The Morgan fingerprint density at radius 1 is 0.961 bits per heavy atom. The predicted molar refractivity (Wildman–Crippen MR) is 201 cm³/mol. The number of aliphatic hydroxyl groups excluding tert-OH is 1. The van der Waals surface area contributed by atoms with Crippen LogP contribution < -0.4 is 20.7 Å². The van der Waals surface area contributed by atoms with Gasteiger partial charge < -0.3 is 40.3 Å². The average Bonchev–Trinajstić information content (AvgIpc) is 3.13. The van der Waals surface area contributed by atoms with E-state index in [-0.39, 0.29) is 54.8 Å². The van der Waals surface area contributed by atoms with Gasteiger partial charge in [-0.15, -0.1) is 0 Å². The lowest BCUT2D eigenvalue weighted by atomic mass is 9.96. The van der Waals surface area contributed by atoms with Crippen LogP contribution in [-0.2, 0) is 4.74 Å². The molecule has 11 nitrogen and oxygen atoms in total. The highest BCUT2D eigenvalue weighted by atomic mass is 16.5. The molecule has 3 aromatic carbocycles. The van der Waals surface area contributed by atoms with Crippen LogP contribution >= 0.6 is 0 Å². The summed E-state index contributed by atoms with van der Waals surface area (Å²) >= 11 is 0. The molecular formula is C40H55N5O6. The predicted octanol–water partition coefficient (Wildman–Crippen LogP) is 7.25. The summed E-state index contributed by atoms with van der Waals surface area (Å²) in [5.74, 6) is -0.0888. The molecule has 1 aliphatic carbocycles. The molecule has 1 heterocycles. The van der Waals surface area contributed by atoms with Gasteiger partial charge in [0.15, 0.2) is 0 Å². The highest BCUT2D eigenvalue weighted by molar-refractivity contribution is 6.07. The molecule has 4 atom stereocenters. The second-order valence-electron chi connectivity index (χ2n) is 14.3. The second-order valence-corrected chi connectivity index (χ2v) is 14.3. The first-order valence-corrected chi connectivity index (χ1v) is 18.5. The maximum atomic E-state index is 14.5. The second kappa shape index (κ2) is 18.2. The summed E-state index contributed by atoms with van der Waals surface area (Å²) in [5, 5.41) is 21.2. The fourth-order valence-corrected chi connectivity index (χ4v) is 6.97. The molecule has 1 aliphatic heterocycles. The third kappa shape index (κ3) is 10.4. The number of aliphatic hydroxyl groups is 1. The lowest BCUT2D eigenvalue weighted by molar-refractivity contribution is -0.0123. The molecule has 0 saturated heterocycles. The van der Waals surface area contributed by atoms with Crippen LogP contribution in [0.1, 0.15) is 82.5 Å². The van der Waals surface area contributed by atoms with Crippen molar-refractivity contribution in [3.05, 3.63) is 66.2 Å². The summed E-state index contributed by atoms with van der Waals surface area (Å²) < 4.78 is 12.8. The molecule has 4 N–H and O–H groups in total. The zero-order chi connectivity index (χ0) is 36.3. The van der Waals surface area contributed by atoms with E-state index in [9.17, 15) is 19.5 Å². The van der Waals surface area contributed by atoms with Crippen LogP contribution in [0.4, 0.5) is 21.0 Å². The van der Waals surface area contributed by atoms with Crippen molar-refractivity contribution in [1.29, 1.82) is 0 Å². The number of rotatable bonds is 7. The average molecular weight is 702 g/mol. The number of amides is 5. The van der Waals surface area contributed by atoms with Crippen molar-refractivity contribution < 1.29 is 29.0 Å². The van der Waals surface area contributed by atoms with Gasteiger partial charge in [-0.3, -0.25) is 4.79 Å². The molecule has 0 spiro atoms. The summed E-state index contributed by atoms with van der Waals surface area (Å²) in [7, 11) is 1.79. The number of benzene rings is 3. The Labute approximate surface area is 302 Å². The highest BCUT2D eigenvalue weighted by Crippen LogP contribution is 2.29. The molecule has 1 fully saturated rings. The third-order valence-electron chi connectivity index (χ3n) is 10.1. The Morgan fingerprint density at radius 2 is 1.71 bits per heavy atom. The minimum absolute atomic E-state index is 0.113. The monoisotopic (exact) mass is 701 g/mol. The molecule has 3 aromatic rings. The molecule has 5 rings (SSSR count). The minimum atomic E-state index is -0.516. The van der Waals surface area contributed by atoms with Gasteiger partial charge in [0.2, 0.25) is 0 Å². The summed E-state index contributed by atoms with van der Waals surface area (Å²) in [4.78, 5) is 44.2. The molecular weight excluding hydrogens is 646 g/mol. The fraction of sp³-hybridized carbons (Fsp3) is 0.525. The number of urea groups is 2. The first-order valence-electron chi connectivity index (χ1n) is 18.5. The van der Waals surface area contributed by atoms with Gasteiger partial charge in [-0.2, -0.15) is 0 Å². The van der Waals surface area contributed by atoms with E-state index in [0.717, 1.165) is 55.7 Å². The van der Waals surface area contributed by atoms with Gasteiger partial charge in [-0.25, -0.2) is 9.59 Å². The number of likely N-dealkylation sites (N-methyl/N-ethyl adjacent to an activating group) is 1. The number of anilines is 2. The lowest BCUT2D eigenvalue weighted by Crippen LogP contribution is -2.50. The standard InChI is InChI=1S/C40H55N5O6/c1-27-24-45(28(2)26-46)38(47)34-23-32(41-39(48)43-35-19-12-15-30-14-8-9-18-33(30)35)20-21-36(34)51-29(3)13-10-11-22-50-37(27)25-44(4)40(49)42-31-16-6-5-7-17-31/h8-9,12,14-15,18-21,23,27-29,31,37,46H,5-7,10-11,13,16-17,22,24-26H2,1-4H3,(H,42,49)(H2,41,43,48)/t27-,28+,29-,37+/m0/s1. The van der Waals surface area contributed by atoms with E-state index < -0.39 is 12.1 Å². The number of nitrogens with one attached hydrogen (secondary N) is 3. The zero-order valence-corrected chi connectivity index (χ0v) is 30.5. The van der Waals surface area contributed by atoms with E-state index in [2.05, 4.69) is 16.0 Å². The Kier molecular flexibility index (Phi) is 13.5. The summed E-state index contributed by atoms with van der Waals surface area (Å²) in [6.45, 7) is 6.72. The lowest BCUT2D eigenvalue weighted by Gasteiger charge is -2.36. The summed E-state index contributed by atoms with van der Waals surface area (Å²) in [5.41, 5.74) is 1.38. The van der Waals surface area contributed by atoms with Crippen molar-refractivity contribution in [1.82, 2.24) is 15.1 Å². The number of carbonyl (C=O) groups excluding carboxylic acids is 3. The quantitative estimate of drug-likeness (QED) is 0.205. The first-order chi connectivity index (χ1) is 24.6. The smallest absolute Gasteiger partial charge is 0.323 e. The van der Waals surface area contributed by atoms with Crippen LogP contribution in [0.5, 0.6) is 5.75 Å². The topological polar surface area (TPSA) is 132 Å². The number of hydrogen-bond acceptors (Lipinski definition) is 6. The van der Waals surface area contributed by atoms with Crippen LogP contribution in [0, 0.1) is 5.92 Å². The van der Waals surface area contributed by atoms with Crippen molar-refractivity contribution in [2.75, 3.05) is 44.0 Å². The van der Waals surface area contributed by atoms with E-state index in [0.29, 0.717) is 30.3 Å². The molecule has 0 aromatic heterocycles. The highest BCUT2D eigenvalue weighted by Gasteiger charge is 2.31. The van der Waals surface area contributed by atoms with Crippen LogP contribution in [0.25, 0.3) is 10.8 Å². The minimum Gasteiger partial charge on any atom is -0.490 e. The number of ether oxygens (including phenoxy) is 2. The van der Waals surface area contributed by atoms with Crippen molar-refractivity contribution >= 4 is 40.1 Å². The Morgan fingerprint density at radius 3 is 2.49 bits per heavy atom. The van der Waals surface area contributed by atoms with Crippen molar-refractivity contribution in [3.63, 3.8) is 0 Å². The number of nitrogens with zero attached hydrogens (tertiary/aromatic N) is 2. The number of fused-ring (bicyclic) bond motifs is 2. The van der Waals surface area contributed by atoms with Gasteiger partial charge in [0.1, 0.15) is 5.75 Å². The molecule has 2 aliphatic rings. The van der Waals surface area contributed by atoms with Crippen molar-refractivity contribution in [2.45, 2.75) is 96.4 Å². The van der Waals surface area contributed by atoms with Gasteiger partial charge >= 0.3 is 12.1 Å². The van der Waals surface area contributed by atoms with Gasteiger partial charge in [0.05, 0.1) is 36.1 Å². The first kappa shape index (κ1) is 37.9. The Hall–Kier alpha value is -4.35. The fourth-order valence-electron chi connectivity index (χ4n) is 6.97. The van der Waals surface area contributed by atoms with Crippen molar-refractivity contribution in [2.24, 2.45) is 5.92 Å².